The Bertz CT molecular complexity index is 552. The van der Waals surface area contributed by atoms with Gasteiger partial charge in [-0.2, -0.15) is 0 Å². The summed E-state index contributed by atoms with van der Waals surface area (Å²) in [6.45, 7) is 1.08. The molecule has 0 spiro atoms. The van der Waals surface area contributed by atoms with Crippen molar-refractivity contribution in [2.24, 2.45) is 5.41 Å². The van der Waals surface area contributed by atoms with Crippen LogP contribution < -0.4 is 10.6 Å². The zero-order valence-electron chi connectivity index (χ0n) is 12.7. The number of hydrogen-bond acceptors (Lipinski definition) is 5. The fourth-order valence-electron chi connectivity index (χ4n) is 2.37. The first-order chi connectivity index (χ1) is 11.0. The molecule has 0 aromatic carbocycles. The van der Waals surface area contributed by atoms with Crippen molar-refractivity contribution in [3.63, 3.8) is 0 Å². The third-order valence-electron chi connectivity index (χ3n) is 3.91. The molecule has 2 amide bonds. The molecule has 0 saturated carbocycles. The summed E-state index contributed by atoms with van der Waals surface area (Å²) in [5, 5.41) is 16.5. The Morgan fingerprint density at radius 3 is 2.61 bits per heavy atom. The molecular weight excluding hydrogens is 320 g/mol. The Morgan fingerprint density at radius 2 is 2.00 bits per heavy atom. The molecule has 1 aromatic heterocycles. The summed E-state index contributed by atoms with van der Waals surface area (Å²) in [4.78, 5) is 35.6. The summed E-state index contributed by atoms with van der Waals surface area (Å²) in [6.07, 6.45) is 0.888. The lowest BCUT2D eigenvalue weighted by Crippen LogP contribution is -2.46. The van der Waals surface area contributed by atoms with Gasteiger partial charge in [-0.15, -0.1) is 11.3 Å². The Kier molecular flexibility index (Phi) is 6.12. The molecule has 0 aliphatic carbocycles. The van der Waals surface area contributed by atoms with Crippen LogP contribution in [-0.4, -0.2) is 49.2 Å². The molecule has 0 bridgehead atoms. The predicted octanol–water partition coefficient (Wildman–Crippen LogP) is 0.866. The highest BCUT2D eigenvalue weighted by molar-refractivity contribution is 7.12. The number of amides is 2. The van der Waals surface area contributed by atoms with Crippen LogP contribution >= 0.6 is 11.3 Å². The normalized spacial score (nSPS) is 16.5. The first-order valence-corrected chi connectivity index (χ1v) is 8.31. The van der Waals surface area contributed by atoms with E-state index in [2.05, 4.69) is 10.6 Å². The lowest BCUT2D eigenvalue weighted by molar-refractivity contribution is -0.154. The molecule has 1 aromatic rings. The van der Waals surface area contributed by atoms with Crippen molar-refractivity contribution in [1.82, 2.24) is 10.6 Å². The summed E-state index contributed by atoms with van der Waals surface area (Å²) in [7, 11) is 0. The number of rotatable bonds is 7. The molecular formula is C15H20N2O5S. The predicted molar refractivity (Wildman–Crippen MR) is 84.4 cm³/mol. The molecule has 3 N–H and O–H groups in total. The van der Waals surface area contributed by atoms with Crippen LogP contribution in [0.15, 0.2) is 17.5 Å². The van der Waals surface area contributed by atoms with Gasteiger partial charge in [0.2, 0.25) is 5.91 Å². The Morgan fingerprint density at radius 1 is 1.26 bits per heavy atom. The number of hydrogen-bond donors (Lipinski definition) is 3. The number of carboxylic acid groups (broad SMARTS) is 1. The van der Waals surface area contributed by atoms with Gasteiger partial charge in [0.15, 0.2) is 0 Å². The van der Waals surface area contributed by atoms with Crippen LogP contribution in [0.2, 0.25) is 0 Å². The van der Waals surface area contributed by atoms with E-state index in [4.69, 9.17) is 4.74 Å². The van der Waals surface area contributed by atoms with Crippen LogP contribution in [-0.2, 0) is 14.3 Å². The standard InChI is InChI=1S/C15H20N2O5S/c18-12(3-6-16-13(19)11-2-1-9-23-11)17-10-15(14(20)21)4-7-22-8-5-15/h1-2,9H,3-8,10H2,(H,16,19)(H,17,18)(H,20,21). The number of ether oxygens (including phenoxy) is 1. The topological polar surface area (TPSA) is 105 Å². The van der Waals surface area contributed by atoms with Crippen LogP contribution in [0.3, 0.4) is 0 Å². The maximum atomic E-state index is 11.8. The molecule has 1 saturated heterocycles. The summed E-state index contributed by atoms with van der Waals surface area (Å²) in [6, 6.07) is 3.49. The van der Waals surface area contributed by atoms with Crippen LogP contribution in [0.5, 0.6) is 0 Å². The molecule has 0 atom stereocenters. The SMILES string of the molecule is O=C(CCNC(=O)c1cccs1)NCC1(C(=O)O)CCOCC1. The fraction of sp³-hybridized carbons (Fsp3) is 0.533. The highest BCUT2D eigenvalue weighted by Gasteiger charge is 2.40. The minimum atomic E-state index is -0.950. The van der Waals surface area contributed by atoms with E-state index in [0.717, 1.165) is 0 Å². The first-order valence-electron chi connectivity index (χ1n) is 7.43. The minimum Gasteiger partial charge on any atom is -0.481 e. The van der Waals surface area contributed by atoms with E-state index in [9.17, 15) is 19.5 Å². The van der Waals surface area contributed by atoms with Gasteiger partial charge in [-0.3, -0.25) is 14.4 Å². The average molecular weight is 340 g/mol. The number of nitrogens with one attached hydrogen (secondary N) is 2. The second-order valence-corrected chi connectivity index (χ2v) is 6.41. The van der Waals surface area contributed by atoms with Gasteiger partial charge < -0.3 is 20.5 Å². The van der Waals surface area contributed by atoms with Crippen molar-refractivity contribution in [2.75, 3.05) is 26.3 Å². The number of aliphatic carboxylic acids is 1. The maximum absolute atomic E-state index is 11.8. The molecule has 1 aliphatic heterocycles. The largest absolute Gasteiger partial charge is 0.481 e. The quantitative estimate of drug-likeness (QED) is 0.683. The molecule has 2 heterocycles. The van der Waals surface area contributed by atoms with E-state index in [1.165, 1.54) is 11.3 Å². The molecule has 7 nitrogen and oxygen atoms in total. The van der Waals surface area contributed by atoms with Gasteiger partial charge in [0, 0.05) is 32.7 Å². The minimum absolute atomic E-state index is 0.0867. The molecule has 23 heavy (non-hydrogen) atoms. The highest BCUT2D eigenvalue weighted by atomic mass is 32.1. The van der Waals surface area contributed by atoms with E-state index in [-0.39, 0.29) is 31.3 Å². The third kappa shape index (κ3) is 4.77. The van der Waals surface area contributed by atoms with E-state index in [0.29, 0.717) is 30.9 Å². The molecule has 126 valence electrons. The second kappa shape index (κ2) is 8.07. The van der Waals surface area contributed by atoms with Gasteiger partial charge in [-0.1, -0.05) is 6.07 Å². The van der Waals surface area contributed by atoms with Crippen molar-refractivity contribution in [3.05, 3.63) is 22.4 Å². The number of carboxylic acids is 1. The molecule has 8 heteroatoms. The van der Waals surface area contributed by atoms with E-state index < -0.39 is 11.4 Å². The summed E-state index contributed by atoms with van der Waals surface area (Å²) >= 11 is 1.33. The maximum Gasteiger partial charge on any atom is 0.311 e. The van der Waals surface area contributed by atoms with Gasteiger partial charge in [0.1, 0.15) is 0 Å². The monoisotopic (exact) mass is 340 g/mol. The lowest BCUT2D eigenvalue weighted by Gasteiger charge is -2.33. The molecule has 2 rings (SSSR count). The summed E-state index contributed by atoms with van der Waals surface area (Å²) in [5.41, 5.74) is -0.950. The fourth-order valence-corrected chi connectivity index (χ4v) is 3.01. The van der Waals surface area contributed by atoms with Crippen LogP contribution in [0, 0.1) is 5.41 Å². The highest BCUT2D eigenvalue weighted by Crippen LogP contribution is 2.30. The molecule has 1 aliphatic rings. The van der Waals surface area contributed by atoms with Crippen molar-refractivity contribution in [1.29, 1.82) is 0 Å². The van der Waals surface area contributed by atoms with E-state index in [1.807, 2.05) is 0 Å². The molecule has 0 unspecified atom stereocenters. The number of carbonyl (C=O) groups is 3. The number of carbonyl (C=O) groups excluding carboxylic acids is 2. The van der Waals surface area contributed by atoms with Crippen molar-refractivity contribution >= 4 is 29.1 Å². The lowest BCUT2D eigenvalue weighted by atomic mass is 9.80. The van der Waals surface area contributed by atoms with Gasteiger partial charge >= 0.3 is 5.97 Å². The second-order valence-electron chi connectivity index (χ2n) is 5.46. The van der Waals surface area contributed by atoms with Gasteiger partial charge in [0.25, 0.3) is 5.91 Å². The Labute approximate surface area is 138 Å². The van der Waals surface area contributed by atoms with Crippen LogP contribution in [0.4, 0.5) is 0 Å². The zero-order chi connectivity index (χ0) is 16.7. The van der Waals surface area contributed by atoms with Crippen LogP contribution in [0.1, 0.15) is 28.9 Å². The third-order valence-corrected chi connectivity index (χ3v) is 4.78. The summed E-state index contributed by atoms with van der Waals surface area (Å²) in [5.74, 6) is -1.39. The Hall–Kier alpha value is -1.93. The number of thiophene rings is 1. The van der Waals surface area contributed by atoms with Crippen molar-refractivity contribution in [2.45, 2.75) is 19.3 Å². The zero-order valence-corrected chi connectivity index (χ0v) is 13.5. The summed E-state index contributed by atoms with van der Waals surface area (Å²) < 4.78 is 5.19. The van der Waals surface area contributed by atoms with Crippen LogP contribution in [0.25, 0.3) is 0 Å². The molecule has 0 radical (unpaired) electrons. The van der Waals surface area contributed by atoms with Crippen molar-refractivity contribution in [3.8, 4) is 0 Å². The van der Waals surface area contributed by atoms with E-state index in [1.54, 1.807) is 17.5 Å². The van der Waals surface area contributed by atoms with Crippen molar-refractivity contribution < 1.29 is 24.2 Å². The molecule has 1 fully saturated rings. The Balaban J connectivity index is 1.72. The first kappa shape index (κ1) is 17.4. The smallest absolute Gasteiger partial charge is 0.311 e. The average Bonchev–Trinajstić information content (AvgIpc) is 3.08. The van der Waals surface area contributed by atoms with Gasteiger partial charge in [0.05, 0.1) is 10.3 Å². The van der Waals surface area contributed by atoms with E-state index >= 15 is 0 Å². The van der Waals surface area contributed by atoms with Gasteiger partial charge in [-0.05, 0) is 24.3 Å². The van der Waals surface area contributed by atoms with Gasteiger partial charge in [-0.25, -0.2) is 0 Å².